The summed E-state index contributed by atoms with van der Waals surface area (Å²) >= 11 is 0. The van der Waals surface area contributed by atoms with Crippen molar-refractivity contribution in [3.05, 3.63) is 53.1 Å². The molecular formula is C17H21N3O2. The van der Waals surface area contributed by atoms with Crippen molar-refractivity contribution in [1.29, 1.82) is 0 Å². The predicted molar refractivity (Wildman–Crippen MR) is 89.4 cm³/mol. The van der Waals surface area contributed by atoms with Crippen molar-refractivity contribution in [2.24, 2.45) is 0 Å². The van der Waals surface area contributed by atoms with Gasteiger partial charge in [-0.2, -0.15) is 0 Å². The van der Waals surface area contributed by atoms with E-state index in [1.54, 1.807) is 19.2 Å². The van der Waals surface area contributed by atoms with Crippen molar-refractivity contribution in [3.63, 3.8) is 0 Å². The number of ether oxygens (including phenoxy) is 1. The third-order valence-electron chi connectivity index (χ3n) is 3.33. The Morgan fingerprint density at radius 3 is 2.32 bits per heavy atom. The van der Waals surface area contributed by atoms with Crippen LogP contribution < -0.4 is 20.9 Å². The van der Waals surface area contributed by atoms with Gasteiger partial charge in [-0.25, -0.2) is 4.79 Å². The lowest BCUT2D eigenvalue weighted by Crippen LogP contribution is -2.34. The molecule has 2 aromatic rings. The summed E-state index contributed by atoms with van der Waals surface area (Å²) in [6.45, 7) is 6.05. The van der Waals surface area contributed by atoms with Gasteiger partial charge >= 0.3 is 6.03 Å². The van der Waals surface area contributed by atoms with Crippen LogP contribution in [0.2, 0.25) is 0 Å². The maximum absolute atomic E-state index is 12.0. The van der Waals surface area contributed by atoms with Gasteiger partial charge in [0.25, 0.3) is 0 Å². The second-order valence-electron chi connectivity index (χ2n) is 5.18. The quantitative estimate of drug-likeness (QED) is 0.753. The maximum atomic E-state index is 12.0. The number of hydrogen-bond donors (Lipinski definition) is 3. The minimum Gasteiger partial charge on any atom is -0.495 e. The average molecular weight is 299 g/mol. The molecule has 22 heavy (non-hydrogen) atoms. The number of methoxy groups -OCH3 is 1. The number of anilines is 2. The van der Waals surface area contributed by atoms with Crippen LogP contribution in [0.3, 0.4) is 0 Å². The number of hydrazine groups is 1. The number of amides is 2. The number of carbonyl (C=O) groups is 1. The van der Waals surface area contributed by atoms with E-state index in [0.29, 0.717) is 11.4 Å². The number of benzene rings is 2. The second kappa shape index (κ2) is 6.85. The van der Waals surface area contributed by atoms with E-state index >= 15 is 0 Å². The van der Waals surface area contributed by atoms with Crippen LogP contribution in [0.5, 0.6) is 5.75 Å². The third kappa shape index (κ3) is 3.69. The Bertz CT molecular complexity index is 660. The summed E-state index contributed by atoms with van der Waals surface area (Å²) in [6, 6.07) is 11.0. The molecule has 0 aliphatic rings. The Kier molecular flexibility index (Phi) is 4.88. The van der Waals surface area contributed by atoms with Crippen LogP contribution in [-0.2, 0) is 0 Å². The van der Waals surface area contributed by atoms with E-state index in [0.717, 1.165) is 16.8 Å². The van der Waals surface area contributed by atoms with Crippen LogP contribution in [-0.4, -0.2) is 13.1 Å². The largest absolute Gasteiger partial charge is 0.495 e. The highest BCUT2D eigenvalue weighted by Gasteiger charge is 2.08. The van der Waals surface area contributed by atoms with Crippen molar-refractivity contribution in [1.82, 2.24) is 5.43 Å². The molecule has 0 saturated heterocycles. The molecule has 0 spiro atoms. The Labute approximate surface area is 130 Å². The average Bonchev–Trinajstić information content (AvgIpc) is 2.46. The molecule has 2 rings (SSSR count). The molecule has 5 nitrogen and oxygen atoms in total. The second-order valence-corrected chi connectivity index (χ2v) is 5.18. The first-order chi connectivity index (χ1) is 10.5. The standard InChI is InChI=1S/C17H21N3O2/c1-11-9-12(2)16(13(3)10-11)19-20-17(21)18-14-7-5-6-8-15(14)22-4/h5-10,19H,1-4H3,(H2,18,20,21). The van der Waals surface area contributed by atoms with Gasteiger partial charge in [0.2, 0.25) is 0 Å². The summed E-state index contributed by atoms with van der Waals surface area (Å²) in [6.07, 6.45) is 0. The number of nitrogens with one attached hydrogen (secondary N) is 3. The van der Waals surface area contributed by atoms with Gasteiger partial charge in [0.1, 0.15) is 5.75 Å². The fourth-order valence-corrected chi connectivity index (χ4v) is 2.40. The van der Waals surface area contributed by atoms with E-state index in [4.69, 9.17) is 4.74 Å². The van der Waals surface area contributed by atoms with E-state index in [2.05, 4.69) is 28.3 Å². The molecule has 0 saturated carbocycles. The Morgan fingerprint density at radius 1 is 1.05 bits per heavy atom. The lowest BCUT2D eigenvalue weighted by molar-refractivity contribution is 0.253. The number of rotatable bonds is 4. The van der Waals surface area contributed by atoms with Gasteiger partial charge in [0, 0.05) is 0 Å². The smallest absolute Gasteiger partial charge is 0.337 e. The minimum atomic E-state index is -0.358. The van der Waals surface area contributed by atoms with Gasteiger partial charge in [-0.05, 0) is 44.0 Å². The van der Waals surface area contributed by atoms with Crippen molar-refractivity contribution in [2.45, 2.75) is 20.8 Å². The first kappa shape index (κ1) is 15.7. The zero-order valence-electron chi connectivity index (χ0n) is 13.3. The molecule has 0 aliphatic carbocycles. The lowest BCUT2D eigenvalue weighted by Gasteiger charge is -2.15. The molecule has 0 unspecified atom stereocenters. The minimum absolute atomic E-state index is 0.358. The molecule has 0 aromatic heterocycles. The SMILES string of the molecule is COc1ccccc1NC(=O)NNc1c(C)cc(C)cc1C. The maximum Gasteiger partial charge on any atom is 0.337 e. The van der Waals surface area contributed by atoms with Crippen LogP contribution in [0.15, 0.2) is 36.4 Å². The van der Waals surface area contributed by atoms with E-state index in [-0.39, 0.29) is 6.03 Å². The van der Waals surface area contributed by atoms with E-state index in [1.807, 2.05) is 32.9 Å². The first-order valence-corrected chi connectivity index (χ1v) is 7.05. The van der Waals surface area contributed by atoms with Crippen LogP contribution in [0, 0.1) is 20.8 Å². The summed E-state index contributed by atoms with van der Waals surface area (Å²) in [5.74, 6) is 0.611. The van der Waals surface area contributed by atoms with E-state index in [1.165, 1.54) is 5.56 Å². The molecular weight excluding hydrogens is 278 g/mol. The van der Waals surface area contributed by atoms with Crippen molar-refractivity contribution in [2.75, 3.05) is 17.9 Å². The molecule has 0 aliphatic heterocycles. The zero-order chi connectivity index (χ0) is 16.1. The number of aryl methyl sites for hydroxylation is 3. The normalized spacial score (nSPS) is 10.0. The lowest BCUT2D eigenvalue weighted by atomic mass is 10.1. The fraction of sp³-hybridized carbons (Fsp3) is 0.235. The number of urea groups is 1. The molecule has 116 valence electrons. The Balaban J connectivity index is 2.02. The van der Waals surface area contributed by atoms with E-state index < -0.39 is 0 Å². The van der Waals surface area contributed by atoms with Gasteiger partial charge < -0.3 is 10.1 Å². The molecule has 0 fully saturated rings. The van der Waals surface area contributed by atoms with Gasteiger partial charge in [-0.15, -0.1) is 0 Å². The molecule has 0 atom stereocenters. The topological polar surface area (TPSA) is 62.4 Å². The summed E-state index contributed by atoms with van der Waals surface area (Å²) in [4.78, 5) is 12.0. The summed E-state index contributed by atoms with van der Waals surface area (Å²) < 4.78 is 5.20. The number of carbonyl (C=O) groups excluding carboxylic acids is 1. The molecule has 0 radical (unpaired) electrons. The van der Waals surface area contributed by atoms with Crippen LogP contribution in [0.4, 0.5) is 16.2 Å². The summed E-state index contributed by atoms with van der Waals surface area (Å²) in [7, 11) is 1.57. The molecule has 5 heteroatoms. The highest BCUT2D eigenvalue weighted by Crippen LogP contribution is 2.23. The van der Waals surface area contributed by atoms with Gasteiger partial charge in [-0.3, -0.25) is 10.9 Å². The van der Waals surface area contributed by atoms with Crippen molar-refractivity contribution < 1.29 is 9.53 Å². The van der Waals surface area contributed by atoms with Crippen molar-refractivity contribution in [3.8, 4) is 5.75 Å². The Hall–Kier alpha value is -2.69. The molecule has 3 N–H and O–H groups in total. The van der Waals surface area contributed by atoms with Gasteiger partial charge in [-0.1, -0.05) is 29.8 Å². The predicted octanol–water partition coefficient (Wildman–Crippen LogP) is 3.77. The highest BCUT2D eigenvalue weighted by molar-refractivity contribution is 5.91. The summed E-state index contributed by atoms with van der Waals surface area (Å²) in [5, 5.41) is 2.74. The van der Waals surface area contributed by atoms with Crippen LogP contribution >= 0.6 is 0 Å². The van der Waals surface area contributed by atoms with Crippen LogP contribution in [0.25, 0.3) is 0 Å². The third-order valence-corrected chi connectivity index (χ3v) is 3.33. The van der Waals surface area contributed by atoms with E-state index in [9.17, 15) is 4.79 Å². The Morgan fingerprint density at radius 2 is 1.68 bits per heavy atom. The molecule has 2 aromatic carbocycles. The molecule has 0 heterocycles. The molecule has 2 amide bonds. The van der Waals surface area contributed by atoms with Crippen molar-refractivity contribution >= 4 is 17.4 Å². The number of hydrogen-bond acceptors (Lipinski definition) is 3. The fourth-order valence-electron chi connectivity index (χ4n) is 2.40. The monoisotopic (exact) mass is 299 g/mol. The van der Waals surface area contributed by atoms with Gasteiger partial charge in [0.15, 0.2) is 0 Å². The highest BCUT2D eigenvalue weighted by atomic mass is 16.5. The zero-order valence-corrected chi connectivity index (χ0v) is 13.3. The summed E-state index contributed by atoms with van der Waals surface area (Å²) in [5.41, 5.74) is 10.5. The van der Waals surface area contributed by atoms with Gasteiger partial charge in [0.05, 0.1) is 18.5 Å². The number of para-hydroxylation sites is 2. The first-order valence-electron chi connectivity index (χ1n) is 7.05. The van der Waals surface area contributed by atoms with Crippen LogP contribution in [0.1, 0.15) is 16.7 Å². The molecule has 0 bridgehead atoms.